The van der Waals surface area contributed by atoms with E-state index >= 15 is 0 Å². The normalized spacial score (nSPS) is 13.0. The lowest BCUT2D eigenvalue weighted by Crippen LogP contribution is -2.30. The van der Waals surface area contributed by atoms with Gasteiger partial charge in [0.2, 0.25) is 0 Å². The minimum Gasteiger partial charge on any atom is -0.462 e. The van der Waals surface area contributed by atoms with Gasteiger partial charge in [-0.05, 0) is 128 Å². The second-order valence-electron chi connectivity index (χ2n) is 18.8. The third-order valence-corrected chi connectivity index (χ3v) is 11.9. The molecule has 402 valence electrons. The highest BCUT2D eigenvalue weighted by Gasteiger charge is 2.19. The lowest BCUT2D eigenvalue weighted by molar-refractivity contribution is -0.167. The highest BCUT2D eigenvalue weighted by molar-refractivity contribution is 5.71. The number of rotatable bonds is 51. The molecule has 0 N–H and O–H groups in total. The molecule has 0 saturated heterocycles. The summed E-state index contributed by atoms with van der Waals surface area (Å²) in [5.41, 5.74) is 0. The molecule has 0 aliphatic rings. The number of esters is 3. The van der Waals surface area contributed by atoms with Crippen LogP contribution in [-0.2, 0) is 28.6 Å². The quantitative estimate of drug-likeness (QED) is 0.0261. The van der Waals surface area contributed by atoms with Crippen molar-refractivity contribution in [3.63, 3.8) is 0 Å². The summed E-state index contributed by atoms with van der Waals surface area (Å²) in [5.74, 6) is -0.967. The number of unbranched alkanes of at least 4 members (excludes halogenated alkanes) is 20. The lowest BCUT2D eigenvalue weighted by Gasteiger charge is -2.18. The van der Waals surface area contributed by atoms with Crippen molar-refractivity contribution in [3.8, 4) is 0 Å². The van der Waals surface area contributed by atoms with Gasteiger partial charge < -0.3 is 14.2 Å². The molecule has 0 aromatic rings. The van der Waals surface area contributed by atoms with Crippen molar-refractivity contribution in [1.82, 2.24) is 0 Å². The first-order valence-corrected chi connectivity index (χ1v) is 29.0. The number of hydrogen-bond donors (Lipinski definition) is 0. The van der Waals surface area contributed by atoms with Crippen molar-refractivity contribution in [2.75, 3.05) is 13.2 Å². The summed E-state index contributed by atoms with van der Waals surface area (Å²) in [6, 6.07) is 0. The standard InChI is InChI=1S/C65H106O6/c1-4-7-10-13-16-19-22-25-28-29-30-31-32-33-34-35-38-40-43-46-49-52-55-58-64(67)70-61-62(71-65(68)59-56-53-50-47-44-41-37-27-24-21-18-15-12-9-6-3)60-69-63(66)57-54-51-48-45-42-39-36-26-23-20-17-14-11-8-5-2/h7,9-10,12,16,18-19,21,25-28,30-31,33-34,36-37,44,47,62H,4-6,8,11,13-15,17,20,22-24,29,32,35,38-43,45-46,48-61H2,1-3H3/b10-7-,12-9-,19-16-,21-18-,28-25-,31-30-,34-33-,36-26-,37-27-,47-44-. The third-order valence-electron chi connectivity index (χ3n) is 11.9. The Kier molecular flexibility index (Phi) is 54.9. The van der Waals surface area contributed by atoms with Gasteiger partial charge in [-0.3, -0.25) is 14.4 Å². The molecular weight excluding hydrogens is 877 g/mol. The Balaban J connectivity index is 4.45. The molecule has 0 aliphatic heterocycles. The molecule has 6 nitrogen and oxygen atoms in total. The molecule has 0 saturated carbocycles. The molecule has 0 fully saturated rings. The van der Waals surface area contributed by atoms with Crippen molar-refractivity contribution < 1.29 is 28.6 Å². The molecule has 0 aromatic heterocycles. The molecule has 6 heteroatoms. The van der Waals surface area contributed by atoms with Crippen molar-refractivity contribution in [1.29, 1.82) is 0 Å². The molecule has 0 bridgehead atoms. The number of carbonyl (C=O) groups excluding carboxylic acids is 3. The topological polar surface area (TPSA) is 78.9 Å². The molecule has 1 atom stereocenters. The Bertz CT molecular complexity index is 1500. The van der Waals surface area contributed by atoms with Crippen LogP contribution < -0.4 is 0 Å². The highest BCUT2D eigenvalue weighted by atomic mass is 16.6. The average molecular weight is 984 g/mol. The van der Waals surface area contributed by atoms with Gasteiger partial charge in [0.1, 0.15) is 13.2 Å². The van der Waals surface area contributed by atoms with Crippen LogP contribution in [0.15, 0.2) is 122 Å². The molecule has 0 heterocycles. The Morgan fingerprint density at radius 2 is 0.549 bits per heavy atom. The first-order chi connectivity index (χ1) is 35.0. The molecule has 71 heavy (non-hydrogen) atoms. The SMILES string of the molecule is CC/C=C\C/C=C\C/C=C\C/C=C\C/C=C\CCCCCCCCCC(=O)OCC(COC(=O)CCCCCCC/C=C\CCCCCCCC)OC(=O)CCCC/C=C\C/C=C\C/C=C\C/C=C\CC. The minimum atomic E-state index is -0.812. The van der Waals surface area contributed by atoms with Crippen molar-refractivity contribution in [2.45, 2.75) is 258 Å². The van der Waals surface area contributed by atoms with E-state index in [0.29, 0.717) is 19.3 Å². The predicted molar refractivity (Wildman–Crippen MR) is 306 cm³/mol. The fourth-order valence-electron chi connectivity index (χ4n) is 7.63. The van der Waals surface area contributed by atoms with Crippen LogP contribution in [0.1, 0.15) is 252 Å². The van der Waals surface area contributed by atoms with Crippen LogP contribution in [-0.4, -0.2) is 37.2 Å². The van der Waals surface area contributed by atoms with Gasteiger partial charge in [0.25, 0.3) is 0 Å². The smallest absolute Gasteiger partial charge is 0.306 e. The maximum atomic E-state index is 12.8. The molecule has 0 amide bonds. The average Bonchev–Trinajstić information content (AvgIpc) is 3.37. The molecule has 0 spiro atoms. The minimum absolute atomic E-state index is 0.105. The largest absolute Gasteiger partial charge is 0.462 e. The Morgan fingerprint density at radius 1 is 0.296 bits per heavy atom. The van der Waals surface area contributed by atoms with Gasteiger partial charge in [0.05, 0.1) is 0 Å². The summed E-state index contributed by atoms with van der Waals surface area (Å²) >= 11 is 0. The van der Waals surface area contributed by atoms with E-state index in [0.717, 1.165) is 128 Å². The van der Waals surface area contributed by atoms with Crippen LogP contribution in [0.5, 0.6) is 0 Å². The summed E-state index contributed by atoms with van der Waals surface area (Å²) < 4.78 is 16.8. The van der Waals surface area contributed by atoms with Gasteiger partial charge in [0.15, 0.2) is 6.10 Å². The van der Waals surface area contributed by atoms with Gasteiger partial charge in [-0.1, -0.05) is 226 Å². The molecule has 0 aromatic carbocycles. The van der Waals surface area contributed by atoms with Crippen LogP contribution in [0.2, 0.25) is 0 Å². The van der Waals surface area contributed by atoms with Crippen LogP contribution >= 0.6 is 0 Å². The number of carbonyl (C=O) groups is 3. The van der Waals surface area contributed by atoms with E-state index < -0.39 is 6.10 Å². The third kappa shape index (κ3) is 56.6. The molecule has 0 aliphatic carbocycles. The maximum Gasteiger partial charge on any atom is 0.306 e. The van der Waals surface area contributed by atoms with Crippen LogP contribution in [0, 0.1) is 0 Å². The number of hydrogen-bond acceptors (Lipinski definition) is 6. The molecule has 0 rings (SSSR count). The predicted octanol–water partition coefficient (Wildman–Crippen LogP) is 19.6. The second kappa shape index (κ2) is 58.4. The van der Waals surface area contributed by atoms with Gasteiger partial charge >= 0.3 is 17.9 Å². The van der Waals surface area contributed by atoms with E-state index in [1.54, 1.807) is 0 Å². The zero-order valence-corrected chi connectivity index (χ0v) is 45.9. The van der Waals surface area contributed by atoms with Crippen molar-refractivity contribution >= 4 is 17.9 Å². The maximum absolute atomic E-state index is 12.8. The molecule has 0 radical (unpaired) electrons. The molecular formula is C65H106O6. The lowest BCUT2D eigenvalue weighted by atomic mass is 10.1. The van der Waals surface area contributed by atoms with E-state index in [1.807, 2.05) is 0 Å². The first-order valence-electron chi connectivity index (χ1n) is 29.0. The zero-order valence-electron chi connectivity index (χ0n) is 45.9. The van der Waals surface area contributed by atoms with Crippen LogP contribution in [0.3, 0.4) is 0 Å². The summed E-state index contributed by atoms with van der Waals surface area (Å²) in [4.78, 5) is 38.2. The number of ether oxygens (including phenoxy) is 3. The molecule has 1 unspecified atom stereocenters. The van der Waals surface area contributed by atoms with Gasteiger partial charge in [0, 0.05) is 19.3 Å². The zero-order chi connectivity index (χ0) is 51.4. The summed E-state index contributed by atoms with van der Waals surface area (Å²) in [6.07, 6.45) is 80.5. The number of allylic oxidation sites excluding steroid dienone is 20. The van der Waals surface area contributed by atoms with Crippen molar-refractivity contribution in [3.05, 3.63) is 122 Å². The fourth-order valence-corrected chi connectivity index (χ4v) is 7.63. The van der Waals surface area contributed by atoms with Gasteiger partial charge in [-0.25, -0.2) is 0 Å². The van der Waals surface area contributed by atoms with Gasteiger partial charge in [-0.15, -0.1) is 0 Å². The van der Waals surface area contributed by atoms with Gasteiger partial charge in [-0.2, -0.15) is 0 Å². The second-order valence-corrected chi connectivity index (χ2v) is 18.8. The van der Waals surface area contributed by atoms with E-state index in [4.69, 9.17) is 14.2 Å². The van der Waals surface area contributed by atoms with E-state index in [2.05, 4.69) is 142 Å². The summed E-state index contributed by atoms with van der Waals surface area (Å²) in [6.45, 7) is 6.35. The summed E-state index contributed by atoms with van der Waals surface area (Å²) in [7, 11) is 0. The van der Waals surface area contributed by atoms with Crippen LogP contribution in [0.25, 0.3) is 0 Å². The van der Waals surface area contributed by atoms with Crippen molar-refractivity contribution in [2.24, 2.45) is 0 Å². The summed E-state index contributed by atoms with van der Waals surface area (Å²) in [5, 5.41) is 0. The van der Waals surface area contributed by atoms with E-state index in [-0.39, 0.29) is 37.5 Å². The first kappa shape index (κ1) is 66.8. The fraction of sp³-hybridized carbons (Fsp3) is 0.646. The van der Waals surface area contributed by atoms with E-state index in [1.165, 1.54) is 77.0 Å². The monoisotopic (exact) mass is 983 g/mol. The van der Waals surface area contributed by atoms with Crippen LogP contribution in [0.4, 0.5) is 0 Å². The van der Waals surface area contributed by atoms with E-state index in [9.17, 15) is 14.4 Å². The Labute approximate surface area is 437 Å². The Morgan fingerprint density at radius 3 is 0.901 bits per heavy atom. The Hall–Kier alpha value is -4.19. The highest BCUT2D eigenvalue weighted by Crippen LogP contribution is 2.14.